The van der Waals surface area contributed by atoms with Crippen LogP contribution in [0.5, 0.6) is 0 Å². The van der Waals surface area contributed by atoms with Crippen molar-refractivity contribution in [2.24, 2.45) is 17.8 Å². The van der Waals surface area contributed by atoms with Gasteiger partial charge in [-0.05, 0) is 105 Å². The Morgan fingerprint density at radius 1 is 0.969 bits per heavy atom. The summed E-state index contributed by atoms with van der Waals surface area (Å²) in [5.41, 5.74) is 3.08. The molecule has 0 spiro atoms. The van der Waals surface area contributed by atoms with E-state index in [2.05, 4.69) is 31.2 Å². The standard InChI is InChI=1S/C30H42FN/c1-2-3-5-8-24-11-15-26(16-12-24)28-19-21-29(22-20-28)27-17-13-25(14-18-27)9-6-4-7-10-30(31)23-32/h4,7,10-12,15-16,25,27-29H,2-3,5-6,8-9,13-14,17-22H2,1H3/t25-,27-,28-,29-. The molecule has 1 aromatic carbocycles. The van der Waals surface area contributed by atoms with Crippen LogP contribution in [0.15, 0.2) is 48.3 Å². The second-order valence-corrected chi connectivity index (χ2v) is 10.2. The fraction of sp³-hybridized carbons (Fsp3) is 0.633. The van der Waals surface area contributed by atoms with Crippen LogP contribution in [0.1, 0.15) is 107 Å². The summed E-state index contributed by atoms with van der Waals surface area (Å²) in [4.78, 5) is 0. The van der Waals surface area contributed by atoms with Gasteiger partial charge in [0, 0.05) is 0 Å². The molecule has 0 radical (unpaired) electrons. The van der Waals surface area contributed by atoms with Gasteiger partial charge in [-0.1, -0.05) is 69.0 Å². The van der Waals surface area contributed by atoms with Crippen LogP contribution in [0.3, 0.4) is 0 Å². The number of nitrogens with zero attached hydrogens (tertiary/aromatic N) is 1. The minimum atomic E-state index is -0.712. The summed E-state index contributed by atoms with van der Waals surface area (Å²) in [6.07, 6.45) is 23.4. The number of aryl methyl sites for hydroxylation is 1. The third-order valence-electron chi connectivity index (χ3n) is 8.08. The van der Waals surface area contributed by atoms with Crippen molar-refractivity contribution < 1.29 is 4.39 Å². The van der Waals surface area contributed by atoms with Crippen molar-refractivity contribution in [3.05, 3.63) is 59.4 Å². The van der Waals surface area contributed by atoms with Gasteiger partial charge in [-0.2, -0.15) is 9.65 Å². The number of nitriles is 1. The van der Waals surface area contributed by atoms with Gasteiger partial charge in [-0.3, -0.25) is 0 Å². The normalized spacial score (nSPS) is 26.8. The number of unbranched alkanes of at least 4 members (excludes halogenated alkanes) is 2. The largest absolute Gasteiger partial charge is 0.199 e. The second kappa shape index (κ2) is 13.6. The number of hydrogen-bond donors (Lipinski definition) is 0. The molecule has 0 atom stereocenters. The number of halogens is 1. The average molecular weight is 436 g/mol. The van der Waals surface area contributed by atoms with E-state index in [1.165, 1.54) is 101 Å². The van der Waals surface area contributed by atoms with Gasteiger partial charge in [-0.25, -0.2) is 0 Å². The van der Waals surface area contributed by atoms with Gasteiger partial charge in [0.2, 0.25) is 0 Å². The molecule has 2 heteroatoms. The van der Waals surface area contributed by atoms with Crippen LogP contribution in [0, 0.1) is 29.1 Å². The minimum Gasteiger partial charge on any atom is -0.195 e. The predicted octanol–water partition coefficient (Wildman–Crippen LogP) is 9.21. The highest BCUT2D eigenvalue weighted by Crippen LogP contribution is 2.44. The van der Waals surface area contributed by atoms with Gasteiger partial charge in [0.25, 0.3) is 0 Å². The first-order valence-corrected chi connectivity index (χ1v) is 13.2. The molecule has 1 aromatic rings. The third-order valence-corrected chi connectivity index (χ3v) is 8.08. The smallest absolute Gasteiger partial charge is 0.195 e. The van der Waals surface area contributed by atoms with E-state index in [0.717, 1.165) is 30.1 Å². The quantitative estimate of drug-likeness (QED) is 0.204. The Morgan fingerprint density at radius 3 is 2.25 bits per heavy atom. The summed E-state index contributed by atoms with van der Waals surface area (Å²) in [6, 6.07) is 11.1. The molecule has 32 heavy (non-hydrogen) atoms. The molecule has 0 N–H and O–H groups in total. The highest BCUT2D eigenvalue weighted by molar-refractivity contribution is 5.26. The molecule has 0 unspecified atom stereocenters. The van der Waals surface area contributed by atoms with Gasteiger partial charge in [-0.15, -0.1) is 0 Å². The summed E-state index contributed by atoms with van der Waals surface area (Å²) in [5, 5.41) is 8.42. The lowest BCUT2D eigenvalue weighted by Crippen LogP contribution is -2.25. The maximum absolute atomic E-state index is 12.8. The maximum atomic E-state index is 12.8. The van der Waals surface area contributed by atoms with Gasteiger partial charge in [0.15, 0.2) is 5.83 Å². The number of benzene rings is 1. The van der Waals surface area contributed by atoms with Crippen molar-refractivity contribution in [2.45, 2.75) is 103 Å². The zero-order valence-electron chi connectivity index (χ0n) is 20.1. The topological polar surface area (TPSA) is 23.8 Å². The van der Waals surface area contributed by atoms with Gasteiger partial charge >= 0.3 is 0 Å². The maximum Gasteiger partial charge on any atom is 0.199 e. The van der Waals surface area contributed by atoms with Crippen LogP contribution in [0.2, 0.25) is 0 Å². The van der Waals surface area contributed by atoms with E-state index in [1.54, 1.807) is 11.6 Å². The molecule has 2 aliphatic rings. The van der Waals surface area contributed by atoms with Crippen LogP contribution in [0.4, 0.5) is 4.39 Å². The van der Waals surface area contributed by atoms with Crippen molar-refractivity contribution >= 4 is 0 Å². The van der Waals surface area contributed by atoms with Crippen molar-refractivity contribution in [1.82, 2.24) is 0 Å². The molecular formula is C30H42FN. The lowest BCUT2D eigenvalue weighted by Gasteiger charge is -2.38. The Balaban J connectivity index is 1.34. The zero-order valence-corrected chi connectivity index (χ0v) is 20.1. The third kappa shape index (κ3) is 7.91. The second-order valence-electron chi connectivity index (χ2n) is 10.2. The summed E-state index contributed by atoms with van der Waals surface area (Å²) in [6.45, 7) is 2.27. The molecule has 0 heterocycles. The molecule has 1 nitrogen and oxygen atoms in total. The number of rotatable bonds is 10. The van der Waals surface area contributed by atoms with Crippen molar-refractivity contribution in [3.8, 4) is 6.07 Å². The lowest BCUT2D eigenvalue weighted by molar-refractivity contribution is 0.157. The Bertz CT molecular complexity index is 753. The van der Waals surface area contributed by atoms with E-state index in [9.17, 15) is 4.39 Å². The van der Waals surface area contributed by atoms with Crippen LogP contribution >= 0.6 is 0 Å². The SMILES string of the molecule is CCCCCc1ccc([C@H]2CC[C@H]([C@H]3CC[C@H](CCC=CC=C(F)C#N)CC3)CC2)cc1. The molecule has 2 fully saturated rings. The molecule has 0 bridgehead atoms. The van der Waals surface area contributed by atoms with E-state index >= 15 is 0 Å². The fourth-order valence-corrected chi connectivity index (χ4v) is 6.03. The summed E-state index contributed by atoms with van der Waals surface area (Å²) in [5.74, 6) is 2.78. The van der Waals surface area contributed by atoms with Gasteiger partial charge < -0.3 is 0 Å². The fourth-order valence-electron chi connectivity index (χ4n) is 6.03. The van der Waals surface area contributed by atoms with Crippen molar-refractivity contribution in [3.63, 3.8) is 0 Å². The Kier molecular flexibility index (Phi) is 10.5. The molecular weight excluding hydrogens is 393 g/mol. The van der Waals surface area contributed by atoms with Crippen LogP contribution in [-0.2, 0) is 6.42 Å². The molecule has 3 rings (SSSR count). The Morgan fingerprint density at radius 2 is 1.62 bits per heavy atom. The molecule has 0 aliphatic heterocycles. The first kappa shape index (κ1) is 24.8. The van der Waals surface area contributed by atoms with Gasteiger partial charge in [0.05, 0.1) is 0 Å². The molecule has 0 saturated heterocycles. The predicted molar refractivity (Wildman–Crippen MR) is 133 cm³/mol. The van der Waals surface area contributed by atoms with Gasteiger partial charge in [0.1, 0.15) is 6.07 Å². The molecule has 0 amide bonds. The summed E-state index contributed by atoms with van der Waals surface area (Å²) in [7, 11) is 0. The lowest BCUT2D eigenvalue weighted by atomic mass is 9.68. The molecule has 2 aliphatic carbocycles. The highest BCUT2D eigenvalue weighted by atomic mass is 19.1. The first-order valence-electron chi connectivity index (χ1n) is 13.2. The monoisotopic (exact) mass is 435 g/mol. The number of hydrogen-bond acceptors (Lipinski definition) is 1. The van der Waals surface area contributed by atoms with Crippen LogP contribution in [-0.4, -0.2) is 0 Å². The highest BCUT2D eigenvalue weighted by Gasteiger charge is 2.31. The minimum absolute atomic E-state index is 0.712. The summed E-state index contributed by atoms with van der Waals surface area (Å²) < 4.78 is 12.8. The van der Waals surface area contributed by atoms with E-state index in [-0.39, 0.29) is 0 Å². The molecule has 0 aromatic heterocycles. The number of allylic oxidation sites excluding steroid dienone is 4. The average Bonchev–Trinajstić information content (AvgIpc) is 2.85. The van der Waals surface area contributed by atoms with Crippen LogP contribution in [0.25, 0.3) is 0 Å². The van der Waals surface area contributed by atoms with Crippen molar-refractivity contribution in [2.75, 3.05) is 0 Å². The van der Waals surface area contributed by atoms with E-state index < -0.39 is 5.83 Å². The molecule has 2 saturated carbocycles. The molecule has 174 valence electrons. The van der Waals surface area contributed by atoms with E-state index in [0.29, 0.717) is 0 Å². The van der Waals surface area contributed by atoms with E-state index in [4.69, 9.17) is 5.26 Å². The zero-order chi connectivity index (χ0) is 22.6. The first-order chi connectivity index (χ1) is 15.7. The summed E-state index contributed by atoms with van der Waals surface area (Å²) >= 11 is 0. The Hall–Kier alpha value is -1.88. The van der Waals surface area contributed by atoms with E-state index in [1.807, 2.05) is 6.08 Å². The van der Waals surface area contributed by atoms with Crippen LogP contribution < -0.4 is 0 Å². The van der Waals surface area contributed by atoms with Crippen molar-refractivity contribution in [1.29, 1.82) is 5.26 Å². The Labute approximate surface area is 195 Å².